The molecular weight excluding hydrogens is 306 g/mol. The van der Waals surface area contributed by atoms with E-state index in [-0.39, 0.29) is 12.1 Å². The Morgan fingerprint density at radius 2 is 1.96 bits per heavy atom. The average molecular weight is 333 g/mol. The number of carbonyl (C=O) groups is 1. The lowest BCUT2D eigenvalue weighted by Gasteiger charge is -2.31. The Morgan fingerprint density at radius 1 is 1.25 bits per heavy atom. The highest BCUT2D eigenvalue weighted by Crippen LogP contribution is 2.20. The molecule has 6 heteroatoms. The lowest BCUT2D eigenvalue weighted by atomic mass is 10.1. The molecule has 2 saturated heterocycles. The molecule has 132 valence electrons. The van der Waals surface area contributed by atoms with E-state index >= 15 is 0 Å². The minimum Gasteiger partial charge on any atom is -0.391 e. The molecule has 1 aromatic carbocycles. The predicted octanol–water partition coefficient (Wildman–Crippen LogP) is 1.75. The third kappa shape index (κ3) is 4.19. The number of anilines is 1. The number of urea groups is 1. The molecule has 1 aromatic rings. The Bertz CT molecular complexity index is 543. The molecule has 6 nitrogen and oxygen atoms in total. The summed E-state index contributed by atoms with van der Waals surface area (Å²) in [5.41, 5.74) is 2.28. The van der Waals surface area contributed by atoms with Gasteiger partial charge in [0.25, 0.3) is 0 Å². The lowest BCUT2D eigenvalue weighted by molar-refractivity contribution is 0.0835. The second kappa shape index (κ2) is 7.85. The second-order valence-corrected chi connectivity index (χ2v) is 6.60. The third-order valence-corrected chi connectivity index (χ3v) is 4.79. The smallest absolute Gasteiger partial charge is 0.317 e. The molecule has 0 radical (unpaired) electrons. The van der Waals surface area contributed by atoms with Crippen LogP contribution in [0, 0.1) is 0 Å². The van der Waals surface area contributed by atoms with E-state index in [2.05, 4.69) is 34.5 Å². The maximum atomic E-state index is 12.3. The van der Waals surface area contributed by atoms with Crippen molar-refractivity contribution in [2.45, 2.75) is 31.9 Å². The Balaban J connectivity index is 1.56. The van der Waals surface area contributed by atoms with Crippen LogP contribution in [0.3, 0.4) is 0 Å². The molecule has 24 heavy (non-hydrogen) atoms. The molecule has 0 spiro atoms. The number of nitrogens with one attached hydrogen (secondary N) is 1. The van der Waals surface area contributed by atoms with Crippen molar-refractivity contribution < 1.29 is 14.6 Å². The molecule has 2 aliphatic rings. The fourth-order valence-corrected chi connectivity index (χ4v) is 3.29. The molecule has 2 amide bonds. The molecule has 0 bridgehead atoms. The predicted molar refractivity (Wildman–Crippen MR) is 93.2 cm³/mol. The van der Waals surface area contributed by atoms with Crippen molar-refractivity contribution in [3.05, 3.63) is 29.8 Å². The van der Waals surface area contributed by atoms with Gasteiger partial charge in [0.1, 0.15) is 0 Å². The summed E-state index contributed by atoms with van der Waals surface area (Å²) in [7, 11) is 0. The van der Waals surface area contributed by atoms with E-state index in [1.54, 1.807) is 4.90 Å². The van der Waals surface area contributed by atoms with E-state index in [1.165, 1.54) is 5.69 Å². The maximum Gasteiger partial charge on any atom is 0.317 e. The van der Waals surface area contributed by atoms with Gasteiger partial charge in [-0.2, -0.15) is 0 Å². The van der Waals surface area contributed by atoms with Crippen LogP contribution in [0.25, 0.3) is 0 Å². The molecule has 2 fully saturated rings. The zero-order valence-corrected chi connectivity index (χ0v) is 14.3. The Labute approximate surface area is 143 Å². The number of β-amino-alcohol motifs (C(OH)–C–C–N with tert-alkyl or cyclic N) is 1. The number of likely N-dealkylation sites (tertiary alicyclic amines) is 1. The zero-order valence-electron chi connectivity index (χ0n) is 14.3. The largest absolute Gasteiger partial charge is 0.391 e. The summed E-state index contributed by atoms with van der Waals surface area (Å²) in [6, 6.07) is 8.19. The van der Waals surface area contributed by atoms with Crippen molar-refractivity contribution in [2.75, 3.05) is 44.3 Å². The van der Waals surface area contributed by atoms with Crippen molar-refractivity contribution in [3.8, 4) is 0 Å². The van der Waals surface area contributed by atoms with Gasteiger partial charge in [-0.3, -0.25) is 0 Å². The number of nitrogens with zero attached hydrogens (tertiary/aromatic N) is 2. The highest BCUT2D eigenvalue weighted by atomic mass is 16.5. The highest BCUT2D eigenvalue weighted by Gasteiger charge is 2.23. The number of benzene rings is 1. The number of hydrogen-bond donors (Lipinski definition) is 2. The van der Waals surface area contributed by atoms with E-state index in [1.807, 2.05) is 6.92 Å². The lowest BCUT2D eigenvalue weighted by Crippen LogP contribution is -2.47. The highest BCUT2D eigenvalue weighted by molar-refractivity contribution is 5.74. The summed E-state index contributed by atoms with van der Waals surface area (Å²) in [5, 5.41) is 12.7. The van der Waals surface area contributed by atoms with Gasteiger partial charge in [-0.25, -0.2) is 4.79 Å². The first-order chi connectivity index (χ1) is 11.6. The van der Waals surface area contributed by atoms with Crippen LogP contribution < -0.4 is 10.2 Å². The molecule has 2 N–H and O–H groups in total. The van der Waals surface area contributed by atoms with Crippen molar-refractivity contribution in [2.24, 2.45) is 0 Å². The Morgan fingerprint density at radius 3 is 2.62 bits per heavy atom. The minimum atomic E-state index is -0.396. The Kier molecular flexibility index (Phi) is 5.58. The van der Waals surface area contributed by atoms with Gasteiger partial charge in [0.05, 0.1) is 25.4 Å². The molecule has 2 heterocycles. The number of hydrogen-bond acceptors (Lipinski definition) is 4. The van der Waals surface area contributed by atoms with Crippen LogP contribution in [-0.2, 0) is 4.74 Å². The topological polar surface area (TPSA) is 65.0 Å². The van der Waals surface area contributed by atoms with Crippen molar-refractivity contribution in [1.29, 1.82) is 0 Å². The van der Waals surface area contributed by atoms with Gasteiger partial charge >= 0.3 is 6.03 Å². The quantitative estimate of drug-likeness (QED) is 0.884. The van der Waals surface area contributed by atoms with Crippen LogP contribution in [0.4, 0.5) is 10.5 Å². The third-order valence-electron chi connectivity index (χ3n) is 4.79. The zero-order chi connectivity index (χ0) is 16.9. The average Bonchev–Trinajstić information content (AvgIpc) is 2.62. The van der Waals surface area contributed by atoms with E-state index in [0.717, 1.165) is 44.7 Å². The van der Waals surface area contributed by atoms with E-state index in [0.29, 0.717) is 13.1 Å². The van der Waals surface area contributed by atoms with Gasteiger partial charge < -0.3 is 25.0 Å². The van der Waals surface area contributed by atoms with Crippen LogP contribution >= 0.6 is 0 Å². The SMILES string of the molecule is CC(NC(=O)N1CCCC(O)C1)c1ccc(N2CCOCC2)cc1. The first-order valence-corrected chi connectivity index (χ1v) is 8.79. The summed E-state index contributed by atoms with van der Waals surface area (Å²) >= 11 is 0. The number of aliphatic hydroxyl groups excluding tert-OH is 1. The fraction of sp³-hybridized carbons (Fsp3) is 0.611. The number of amides is 2. The summed E-state index contributed by atoms with van der Waals surface area (Å²) in [4.78, 5) is 16.3. The van der Waals surface area contributed by atoms with Crippen LogP contribution in [0.2, 0.25) is 0 Å². The number of morpholine rings is 1. The van der Waals surface area contributed by atoms with Crippen molar-refractivity contribution in [1.82, 2.24) is 10.2 Å². The first-order valence-electron chi connectivity index (χ1n) is 8.79. The molecular formula is C18H27N3O3. The summed E-state index contributed by atoms with van der Waals surface area (Å²) in [6.07, 6.45) is 1.24. The molecule has 0 aromatic heterocycles. The van der Waals surface area contributed by atoms with Crippen molar-refractivity contribution in [3.63, 3.8) is 0 Å². The van der Waals surface area contributed by atoms with Crippen molar-refractivity contribution >= 4 is 11.7 Å². The second-order valence-electron chi connectivity index (χ2n) is 6.60. The van der Waals surface area contributed by atoms with Crippen LogP contribution in [0.5, 0.6) is 0 Å². The number of aliphatic hydroxyl groups is 1. The molecule has 0 saturated carbocycles. The van der Waals surface area contributed by atoms with Gasteiger partial charge in [0, 0.05) is 31.9 Å². The van der Waals surface area contributed by atoms with Crippen LogP contribution in [-0.4, -0.2) is 61.5 Å². The van der Waals surface area contributed by atoms with Gasteiger partial charge in [-0.15, -0.1) is 0 Å². The molecule has 2 aliphatic heterocycles. The van der Waals surface area contributed by atoms with Gasteiger partial charge in [0.2, 0.25) is 0 Å². The Hall–Kier alpha value is -1.79. The van der Waals surface area contributed by atoms with E-state index in [9.17, 15) is 9.90 Å². The van der Waals surface area contributed by atoms with Crippen LogP contribution in [0.15, 0.2) is 24.3 Å². The number of piperidine rings is 1. The molecule has 2 atom stereocenters. The molecule has 2 unspecified atom stereocenters. The van der Waals surface area contributed by atoms with E-state index in [4.69, 9.17) is 4.74 Å². The maximum absolute atomic E-state index is 12.3. The van der Waals surface area contributed by atoms with Gasteiger partial charge in [-0.1, -0.05) is 12.1 Å². The number of ether oxygens (including phenoxy) is 1. The van der Waals surface area contributed by atoms with E-state index < -0.39 is 6.10 Å². The monoisotopic (exact) mass is 333 g/mol. The summed E-state index contributed by atoms with van der Waals surface area (Å²) < 4.78 is 5.38. The normalized spacial score (nSPS) is 23.0. The number of carbonyl (C=O) groups excluding carboxylic acids is 1. The number of rotatable bonds is 3. The van der Waals surface area contributed by atoms with Gasteiger partial charge in [-0.05, 0) is 37.5 Å². The minimum absolute atomic E-state index is 0.0599. The molecule has 0 aliphatic carbocycles. The van der Waals surface area contributed by atoms with Gasteiger partial charge in [0.15, 0.2) is 0 Å². The van der Waals surface area contributed by atoms with Crippen LogP contribution in [0.1, 0.15) is 31.4 Å². The summed E-state index contributed by atoms with van der Waals surface area (Å²) in [6.45, 7) is 6.51. The first kappa shape index (κ1) is 17.0. The standard InChI is InChI=1S/C18H27N3O3/c1-14(19-18(23)21-8-2-3-17(22)13-21)15-4-6-16(7-5-15)20-9-11-24-12-10-20/h4-7,14,17,22H,2-3,8-13H2,1H3,(H,19,23). The summed E-state index contributed by atoms with van der Waals surface area (Å²) in [5.74, 6) is 0. The molecule has 3 rings (SSSR count). The fourth-order valence-electron chi connectivity index (χ4n) is 3.29.